The van der Waals surface area contributed by atoms with Crippen molar-refractivity contribution in [1.82, 2.24) is 15.3 Å². The maximum Gasteiger partial charge on any atom is 0.263 e. The molecule has 0 saturated carbocycles. The molecule has 0 bridgehead atoms. The summed E-state index contributed by atoms with van der Waals surface area (Å²) < 4.78 is 5.96. The molecule has 1 aliphatic heterocycles. The molecule has 0 unspecified atom stereocenters. The SMILES string of the molecule is CCC(CC)NC(=O)[C@@H]1CN(Cc2ncccn2)c2ccccc2O1. The predicted octanol–water partition coefficient (Wildman–Crippen LogP) is 2.55. The average molecular weight is 340 g/mol. The summed E-state index contributed by atoms with van der Waals surface area (Å²) in [6.45, 7) is 5.16. The van der Waals surface area contributed by atoms with E-state index >= 15 is 0 Å². The van der Waals surface area contributed by atoms with Crippen molar-refractivity contribution < 1.29 is 9.53 Å². The van der Waals surface area contributed by atoms with E-state index in [0.717, 1.165) is 30.1 Å². The Morgan fingerprint density at radius 1 is 1.24 bits per heavy atom. The fourth-order valence-corrected chi connectivity index (χ4v) is 2.96. The number of benzene rings is 1. The topological polar surface area (TPSA) is 67.4 Å². The van der Waals surface area contributed by atoms with Gasteiger partial charge in [-0.3, -0.25) is 4.79 Å². The third-order valence-corrected chi connectivity index (χ3v) is 4.44. The van der Waals surface area contributed by atoms with Gasteiger partial charge in [-0.25, -0.2) is 9.97 Å². The molecular formula is C19H24N4O2. The van der Waals surface area contributed by atoms with E-state index in [9.17, 15) is 4.79 Å². The Morgan fingerprint density at radius 2 is 1.96 bits per heavy atom. The lowest BCUT2D eigenvalue weighted by atomic mass is 10.1. The van der Waals surface area contributed by atoms with Gasteiger partial charge in [0.15, 0.2) is 6.10 Å². The van der Waals surface area contributed by atoms with Crippen molar-refractivity contribution >= 4 is 11.6 Å². The number of ether oxygens (including phenoxy) is 1. The second-order valence-corrected chi connectivity index (χ2v) is 6.14. The smallest absolute Gasteiger partial charge is 0.263 e. The summed E-state index contributed by atoms with van der Waals surface area (Å²) >= 11 is 0. The van der Waals surface area contributed by atoms with E-state index in [-0.39, 0.29) is 11.9 Å². The molecule has 2 aromatic rings. The van der Waals surface area contributed by atoms with Gasteiger partial charge in [0.05, 0.1) is 18.8 Å². The van der Waals surface area contributed by atoms with Crippen molar-refractivity contribution in [3.8, 4) is 5.75 Å². The molecule has 1 atom stereocenters. The standard InChI is InChI=1S/C19H24N4O2/c1-3-14(4-2)22-19(24)17-12-23(13-18-20-10-7-11-21-18)15-8-5-6-9-16(15)25-17/h5-11,14,17H,3-4,12-13H2,1-2H3,(H,22,24)/t17-/m0/s1. The number of anilines is 1. The maximum absolute atomic E-state index is 12.6. The van der Waals surface area contributed by atoms with Crippen LogP contribution < -0.4 is 15.0 Å². The molecule has 132 valence electrons. The fraction of sp³-hybridized carbons (Fsp3) is 0.421. The third kappa shape index (κ3) is 4.07. The van der Waals surface area contributed by atoms with Crippen molar-refractivity contribution in [2.24, 2.45) is 0 Å². The summed E-state index contributed by atoms with van der Waals surface area (Å²) in [7, 11) is 0. The molecule has 1 aromatic carbocycles. The van der Waals surface area contributed by atoms with Crippen LogP contribution in [0.25, 0.3) is 0 Å². The molecule has 1 amide bonds. The van der Waals surface area contributed by atoms with E-state index in [2.05, 4.69) is 34.0 Å². The van der Waals surface area contributed by atoms with Gasteiger partial charge >= 0.3 is 0 Å². The number of nitrogens with one attached hydrogen (secondary N) is 1. The Labute approximate surface area is 148 Å². The Kier molecular flexibility index (Phi) is 5.48. The molecule has 6 nitrogen and oxygen atoms in total. The van der Waals surface area contributed by atoms with Gasteiger partial charge in [-0.1, -0.05) is 26.0 Å². The summed E-state index contributed by atoms with van der Waals surface area (Å²) in [5.41, 5.74) is 0.960. The van der Waals surface area contributed by atoms with Gasteiger partial charge in [-0.05, 0) is 31.0 Å². The molecule has 0 spiro atoms. The first kappa shape index (κ1) is 17.2. The molecule has 0 aliphatic carbocycles. The van der Waals surface area contributed by atoms with Crippen LogP contribution in [0.1, 0.15) is 32.5 Å². The zero-order valence-electron chi connectivity index (χ0n) is 14.7. The molecule has 0 radical (unpaired) electrons. The average Bonchev–Trinajstić information content (AvgIpc) is 2.66. The number of para-hydroxylation sites is 2. The predicted molar refractivity (Wildman–Crippen MR) is 96.5 cm³/mol. The van der Waals surface area contributed by atoms with Crippen molar-refractivity contribution in [3.63, 3.8) is 0 Å². The molecule has 1 aliphatic rings. The van der Waals surface area contributed by atoms with Crippen molar-refractivity contribution in [2.45, 2.75) is 45.4 Å². The van der Waals surface area contributed by atoms with Gasteiger partial charge in [0.2, 0.25) is 0 Å². The van der Waals surface area contributed by atoms with Crippen LogP contribution in [-0.4, -0.2) is 34.6 Å². The summed E-state index contributed by atoms with van der Waals surface area (Å²) in [6, 6.07) is 9.74. The van der Waals surface area contributed by atoms with Crippen molar-refractivity contribution in [3.05, 3.63) is 48.5 Å². The van der Waals surface area contributed by atoms with E-state index in [1.165, 1.54) is 0 Å². The molecule has 2 heterocycles. The van der Waals surface area contributed by atoms with Crippen molar-refractivity contribution in [1.29, 1.82) is 0 Å². The summed E-state index contributed by atoms with van der Waals surface area (Å²) in [5.74, 6) is 1.37. The number of aromatic nitrogens is 2. The van der Waals surface area contributed by atoms with Gasteiger partial charge in [-0.15, -0.1) is 0 Å². The molecule has 0 fully saturated rings. The van der Waals surface area contributed by atoms with Crippen LogP contribution in [-0.2, 0) is 11.3 Å². The van der Waals surface area contributed by atoms with E-state index in [1.54, 1.807) is 18.5 Å². The monoisotopic (exact) mass is 340 g/mol. The minimum absolute atomic E-state index is 0.0674. The van der Waals surface area contributed by atoms with E-state index < -0.39 is 6.10 Å². The molecule has 1 aromatic heterocycles. The molecule has 0 saturated heterocycles. The minimum atomic E-state index is -0.542. The number of hydrogen-bond donors (Lipinski definition) is 1. The van der Waals surface area contributed by atoms with E-state index in [0.29, 0.717) is 13.1 Å². The molecule has 25 heavy (non-hydrogen) atoms. The molecule has 6 heteroatoms. The zero-order chi connectivity index (χ0) is 17.6. The number of carbonyl (C=O) groups is 1. The lowest BCUT2D eigenvalue weighted by molar-refractivity contribution is -0.128. The highest BCUT2D eigenvalue weighted by Crippen LogP contribution is 2.33. The number of amides is 1. The van der Waals surface area contributed by atoms with Gasteiger partial charge in [-0.2, -0.15) is 0 Å². The van der Waals surface area contributed by atoms with Crippen molar-refractivity contribution in [2.75, 3.05) is 11.4 Å². The first-order chi connectivity index (χ1) is 12.2. The van der Waals surface area contributed by atoms with Crippen LogP contribution in [0.4, 0.5) is 5.69 Å². The molecule has 3 rings (SSSR count). The summed E-state index contributed by atoms with van der Waals surface area (Å²) in [5, 5.41) is 3.08. The van der Waals surface area contributed by atoms with Gasteiger partial charge in [0, 0.05) is 18.4 Å². The molecular weight excluding hydrogens is 316 g/mol. The lowest BCUT2D eigenvalue weighted by Crippen LogP contribution is -2.51. The third-order valence-electron chi connectivity index (χ3n) is 4.44. The summed E-state index contributed by atoms with van der Waals surface area (Å²) in [6.07, 6.45) is 4.73. The number of fused-ring (bicyclic) bond motifs is 1. The van der Waals surface area contributed by atoms with Crippen LogP contribution in [0.2, 0.25) is 0 Å². The maximum atomic E-state index is 12.6. The number of nitrogens with zero attached hydrogens (tertiary/aromatic N) is 3. The van der Waals surface area contributed by atoms with Crippen LogP contribution in [0.3, 0.4) is 0 Å². The van der Waals surface area contributed by atoms with E-state index in [1.807, 2.05) is 24.3 Å². The van der Waals surface area contributed by atoms with Crippen LogP contribution >= 0.6 is 0 Å². The van der Waals surface area contributed by atoms with Gasteiger partial charge in [0.1, 0.15) is 11.6 Å². The number of carbonyl (C=O) groups excluding carboxylic acids is 1. The van der Waals surface area contributed by atoms with Crippen LogP contribution in [0.15, 0.2) is 42.7 Å². The van der Waals surface area contributed by atoms with Crippen LogP contribution in [0.5, 0.6) is 5.75 Å². The first-order valence-corrected chi connectivity index (χ1v) is 8.78. The Balaban J connectivity index is 1.79. The highest BCUT2D eigenvalue weighted by molar-refractivity contribution is 5.83. The lowest BCUT2D eigenvalue weighted by Gasteiger charge is -2.35. The minimum Gasteiger partial charge on any atom is -0.477 e. The highest BCUT2D eigenvalue weighted by atomic mass is 16.5. The van der Waals surface area contributed by atoms with E-state index in [4.69, 9.17) is 4.74 Å². The Morgan fingerprint density at radius 3 is 2.68 bits per heavy atom. The Hall–Kier alpha value is -2.63. The Bertz CT molecular complexity index is 704. The number of rotatable bonds is 6. The molecule has 1 N–H and O–H groups in total. The second-order valence-electron chi connectivity index (χ2n) is 6.14. The fourth-order valence-electron chi connectivity index (χ4n) is 2.96. The highest BCUT2D eigenvalue weighted by Gasteiger charge is 2.31. The number of hydrogen-bond acceptors (Lipinski definition) is 5. The normalized spacial score (nSPS) is 16.3. The second kappa shape index (κ2) is 7.96. The first-order valence-electron chi connectivity index (χ1n) is 8.78. The largest absolute Gasteiger partial charge is 0.477 e. The van der Waals surface area contributed by atoms with Gasteiger partial charge in [0.25, 0.3) is 5.91 Å². The van der Waals surface area contributed by atoms with Gasteiger partial charge < -0.3 is 15.0 Å². The zero-order valence-corrected chi connectivity index (χ0v) is 14.7. The van der Waals surface area contributed by atoms with Crippen LogP contribution in [0, 0.1) is 0 Å². The summed E-state index contributed by atoms with van der Waals surface area (Å²) in [4.78, 5) is 23.3. The quantitative estimate of drug-likeness (QED) is 0.875.